The normalized spacial score (nSPS) is 12.2. The Labute approximate surface area is 64.6 Å². The van der Waals surface area contributed by atoms with E-state index in [0.717, 1.165) is 0 Å². The lowest BCUT2D eigenvalue weighted by atomic mass is 10.3. The van der Waals surface area contributed by atoms with Crippen molar-refractivity contribution in [1.82, 2.24) is 5.32 Å². The topological polar surface area (TPSA) is 94.5 Å². The minimum atomic E-state index is -1.10. The van der Waals surface area contributed by atoms with Crippen molar-refractivity contribution in [3.05, 3.63) is 0 Å². The van der Waals surface area contributed by atoms with Crippen molar-refractivity contribution in [2.24, 2.45) is 5.73 Å². The molecule has 0 saturated carbocycles. The van der Waals surface area contributed by atoms with Gasteiger partial charge in [0.2, 0.25) is 5.91 Å². The van der Waals surface area contributed by atoms with Gasteiger partial charge in [-0.3, -0.25) is 9.59 Å². The number of hydrogen-bond acceptors (Lipinski definition) is 4. The third-order valence-corrected chi connectivity index (χ3v) is 0.896. The molecular formula is C6H10N2O3. The van der Waals surface area contributed by atoms with Crippen LogP contribution in [0.2, 0.25) is 0 Å². The SMILES string of the molecule is NC(O)C[N]C(=O)CC[C]=O. The largest absolute Gasteiger partial charge is 0.377 e. The van der Waals surface area contributed by atoms with Gasteiger partial charge in [-0.1, -0.05) is 0 Å². The molecule has 0 aromatic carbocycles. The fraction of sp³-hybridized carbons (Fsp3) is 0.667. The summed E-state index contributed by atoms with van der Waals surface area (Å²) in [5.74, 6) is -0.433. The molecule has 1 unspecified atom stereocenters. The second kappa shape index (κ2) is 5.82. The Balaban J connectivity index is 3.29. The molecule has 2 radical (unpaired) electrons. The van der Waals surface area contributed by atoms with Gasteiger partial charge in [-0.05, 0) is 0 Å². The molecule has 62 valence electrons. The Hall–Kier alpha value is -0.940. The fourth-order valence-electron chi connectivity index (χ4n) is 0.432. The van der Waals surface area contributed by atoms with E-state index in [4.69, 9.17) is 10.8 Å². The van der Waals surface area contributed by atoms with Gasteiger partial charge in [0.25, 0.3) is 0 Å². The van der Waals surface area contributed by atoms with Crippen LogP contribution in [-0.4, -0.2) is 30.1 Å². The predicted octanol–water partition coefficient (Wildman–Crippen LogP) is -1.72. The Morgan fingerprint density at radius 2 is 2.36 bits per heavy atom. The van der Waals surface area contributed by atoms with Gasteiger partial charge in [0, 0.05) is 12.8 Å². The van der Waals surface area contributed by atoms with Crippen LogP contribution in [0.15, 0.2) is 0 Å². The van der Waals surface area contributed by atoms with Gasteiger partial charge in [-0.2, -0.15) is 0 Å². The van der Waals surface area contributed by atoms with E-state index in [-0.39, 0.29) is 19.4 Å². The molecule has 3 N–H and O–H groups in total. The van der Waals surface area contributed by atoms with Gasteiger partial charge in [0.05, 0.1) is 6.54 Å². The van der Waals surface area contributed by atoms with Crippen LogP contribution in [0.25, 0.3) is 0 Å². The van der Waals surface area contributed by atoms with E-state index in [0.29, 0.717) is 0 Å². The Morgan fingerprint density at radius 3 is 2.82 bits per heavy atom. The van der Waals surface area contributed by atoms with Crippen LogP contribution in [0.5, 0.6) is 0 Å². The average Bonchev–Trinajstić information content (AvgIpc) is 1.97. The highest BCUT2D eigenvalue weighted by Crippen LogP contribution is 1.84. The molecule has 5 heteroatoms. The molecule has 0 aliphatic heterocycles. The first-order chi connectivity index (χ1) is 5.16. The number of hydrogen-bond donors (Lipinski definition) is 2. The number of rotatable bonds is 5. The van der Waals surface area contributed by atoms with Crippen molar-refractivity contribution < 1.29 is 14.7 Å². The molecule has 0 aromatic heterocycles. The van der Waals surface area contributed by atoms with Gasteiger partial charge >= 0.3 is 0 Å². The number of nitrogens with zero attached hydrogens (tertiary/aromatic N) is 1. The summed E-state index contributed by atoms with van der Waals surface area (Å²) in [6.45, 7) is -0.113. The Morgan fingerprint density at radius 1 is 1.73 bits per heavy atom. The van der Waals surface area contributed by atoms with Crippen LogP contribution in [0, 0.1) is 0 Å². The summed E-state index contributed by atoms with van der Waals surface area (Å²) in [6.07, 6.45) is 0.546. The zero-order valence-electron chi connectivity index (χ0n) is 5.99. The number of amides is 1. The number of aliphatic hydroxyl groups is 1. The van der Waals surface area contributed by atoms with E-state index < -0.39 is 12.1 Å². The molecule has 0 fully saturated rings. The van der Waals surface area contributed by atoms with Gasteiger partial charge < -0.3 is 10.8 Å². The van der Waals surface area contributed by atoms with Crippen LogP contribution in [-0.2, 0) is 9.59 Å². The maximum absolute atomic E-state index is 10.6. The highest BCUT2D eigenvalue weighted by atomic mass is 16.3. The molecule has 0 aromatic rings. The van der Waals surface area contributed by atoms with Gasteiger partial charge in [-0.15, -0.1) is 0 Å². The third-order valence-electron chi connectivity index (χ3n) is 0.896. The van der Waals surface area contributed by atoms with Crippen molar-refractivity contribution in [2.75, 3.05) is 6.54 Å². The quantitative estimate of drug-likeness (QED) is 0.465. The molecule has 0 saturated heterocycles. The number of aliphatic hydroxyl groups excluding tert-OH is 1. The van der Waals surface area contributed by atoms with E-state index in [9.17, 15) is 9.59 Å². The molecule has 0 bridgehead atoms. The summed E-state index contributed by atoms with van der Waals surface area (Å²) >= 11 is 0. The summed E-state index contributed by atoms with van der Waals surface area (Å²) in [6, 6.07) is 0. The Kier molecular flexibility index (Phi) is 5.32. The second-order valence-electron chi connectivity index (χ2n) is 1.95. The van der Waals surface area contributed by atoms with E-state index in [1.54, 1.807) is 6.29 Å². The van der Waals surface area contributed by atoms with Crippen molar-refractivity contribution >= 4 is 12.2 Å². The van der Waals surface area contributed by atoms with E-state index in [1.807, 2.05) is 0 Å². The van der Waals surface area contributed by atoms with Crippen molar-refractivity contribution in [2.45, 2.75) is 19.1 Å². The highest BCUT2D eigenvalue weighted by Gasteiger charge is 2.03. The lowest BCUT2D eigenvalue weighted by Gasteiger charge is -2.01. The van der Waals surface area contributed by atoms with Crippen LogP contribution in [0.1, 0.15) is 12.8 Å². The summed E-state index contributed by atoms with van der Waals surface area (Å²) in [5.41, 5.74) is 4.90. The standard InChI is InChI=1S/C6H10N2O3/c7-5(10)4-8-6(11)2-1-3-9/h5,10H,1-2,4,7H2. The minimum absolute atomic E-state index is 0.0379. The zero-order valence-corrected chi connectivity index (χ0v) is 5.99. The first-order valence-electron chi connectivity index (χ1n) is 3.15. The average molecular weight is 158 g/mol. The van der Waals surface area contributed by atoms with E-state index in [1.165, 1.54) is 0 Å². The van der Waals surface area contributed by atoms with Crippen molar-refractivity contribution in [3.63, 3.8) is 0 Å². The molecule has 1 amide bonds. The zero-order chi connectivity index (χ0) is 8.69. The molecule has 0 aliphatic carbocycles. The maximum atomic E-state index is 10.6. The third kappa shape index (κ3) is 6.95. The molecule has 0 rings (SSSR count). The Bertz CT molecular complexity index is 136. The number of carbonyl (C=O) groups is 1. The maximum Gasteiger partial charge on any atom is 0.241 e. The van der Waals surface area contributed by atoms with Gasteiger partial charge in [-0.25, -0.2) is 5.32 Å². The number of carbonyl (C=O) groups excluding carboxylic acids is 2. The molecular weight excluding hydrogens is 148 g/mol. The molecule has 0 heterocycles. The van der Waals surface area contributed by atoms with Crippen LogP contribution < -0.4 is 11.1 Å². The molecule has 1 atom stereocenters. The lowest BCUT2D eigenvalue weighted by Crippen LogP contribution is -2.32. The fourth-order valence-corrected chi connectivity index (χ4v) is 0.432. The summed E-state index contributed by atoms with van der Waals surface area (Å²) in [4.78, 5) is 20.2. The van der Waals surface area contributed by atoms with Crippen molar-refractivity contribution in [1.29, 1.82) is 0 Å². The van der Waals surface area contributed by atoms with Gasteiger partial charge in [0.15, 0.2) is 6.29 Å². The molecule has 11 heavy (non-hydrogen) atoms. The van der Waals surface area contributed by atoms with Gasteiger partial charge in [0.1, 0.15) is 6.23 Å². The van der Waals surface area contributed by atoms with Crippen LogP contribution >= 0.6 is 0 Å². The summed E-state index contributed by atoms with van der Waals surface area (Å²) in [5, 5.41) is 11.8. The van der Waals surface area contributed by atoms with E-state index in [2.05, 4.69) is 5.32 Å². The molecule has 5 nitrogen and oxygen atoms in total. The smallest absolute Gasteiger partial charge is 0.241 e. The van der Waals surface area contributed by atoms with E-state index >= 15 is 0 Å². The second-order valence-corrected chi connectivity index (χ2v) is 1.95. The first kappa shape index (κ1) is 10.1. The lowest BCUT2D eigenvalue weighted by molar-refractivity contribution is -0.121. The number of nitrogens with two attached hydrogens (primary N) is 1. The summed E-state index contributed by atoms with van der Waals surface area (Å²) in [7, 11) is 0. The van der Waals surface area contributed by atoms with Crippen LogP contribution in [0.3, 0.4) is 0 Å². The molecule has 0 aliphatic rings. The first-order valence-corrected chi connectivity index (χ1v) is 3.15. The monoisotopic (exact) mass is 158 g/mol. The molecule has 0 spiro atoms. The highest BCUT2D eigenvalue weighted by molar-refractivity contribution is 5.77. The van der Waals surface area contributed by atoms with Crippen LogP contribution in [0.4, 0.5) is 0 Å². The minimum Gasteiger partial charge on any atom is -0.377 e. The summed E-state index contributed by atoms with van der Waals surface area (Å²) < 4.78 is 0. The predicted molar refractivity (Wildman–Crippen MR) is 37.1 cm³/mol. The van der Waals surface area contributed by atoms with Crippen molar-refractivity contribution in [3.8, 4) is 0 Å².